The minimum Gasteiger partial charge on any atom is -0.744 e. The number of anilines is 1. The monoisotopic (exact) mass is 438 g/mol. The molecule has 6 heteroatoms. The quantitative estimate of drug-likeness (QED) is 0.451. The van der Waals surface area contributed by atoms with E-state index in [2.05, 4.69) is 79.9 Å². The molecule has 1 heterocycles. The van der Waals surface area contributed by atoms with Crippen LogP contribution in [0.5, 0.6) is 0 Å². The minimum absolute atomic E-state index is 0.0851. The molecule has 0 aliphatic rings. The van der Waals surface area contributed by atoms with Crippen molar-refractivity contribution in [3.63, 3.8) is 0 Å². The first-order valence-corrected chi connectivity index (χ1v) is 11.3. The largest absolute Gasteiger partial charge is 0.744 e. The zero-order valence-corrected chi connectivity index (χ0v) is 19.8. The van der Waals surface area contributed by atoms with Gasteiger partial charge in [0, 0.05) is 31.9 Å². The van der Waals surface area contributed by atoms with Crippen molar-refractivity contribution in [1.82, 2.24) is 0 Å². The molecule has 0 aliphatic heterocycles. The fourth-order valence-electron chi connectivity index (χ4n) is 3.26. The summed E-state index contributed by atoms with van der Waals surface area (Å²) in [6, 6.07) is 16.1. The first-order chi connectivity index (χ1) is 14.5. The van der Waals surface area contributed by atoms with E-state index in [4.69, 9.17) is 0 Å². The van der Waals surface area contributed by atoms with Crippen molar-refractivity contribution in [2.24, 2.45) is 7.05 Å². The third kappa shape index (κ3) is 7.35. The number of aryl methyl sites for hydroxylation is 4. The van der Waals surface area contributed by atoms with Gasteiger partial charge in [0.15, 0.2) is 12.4 Å². The average Bonchev–Trinajstić information content (AvgIpc) is 2.66. The van der Waals surface area contributed by atoms with Crippen LogP contribution in [0.4, 0.5) is 5.69 Å². The molecule has 0 saturated heterocycles. The van der Waals surface area contributed by atoms with E-state index in [0.29, 0.717) is 11.1 Å². The molecule has 3 rings (SSSR count). The molecular weight excluding hydrogens is 408 g/mol. The molecular formula is C25H30N2O3S. The van der Waals surface area contributed by atoms with E-state index in [1.165, 1.54) is 16.8 Å². The fourth-order valence-corrected chi connectivity index (χ4v) is 4.17. The summed E-state index contributed by atoms with van der Waals surface area (Å²) in [5, 5.41) is 0. The average molecular weight is 439 g/mol. The van der Waals surface area contributed by atoms with Crippen molar-refractivity contribution < 1.29 is 17.5 Å². The molecule has 0 amide bonds. The van der Waals surface area contributed by atoms with Crippen LogP contribution in [-0.4, -0.2) is 27.1 Å². The normalized spacial score (nSPS) is 11.2. The highest BCUT2D eigenvalue weighted by atomic mass is 32.2. The van der Waals surface area contributed by atoms with Gasteiger partial charge in [0.25, 0.3) is 0 Å². The number of pyridine rings is 1. The van der Waals surface area contributed by atoms with Crippen LogP contribution in [0.15, 0.2) is 65.8 Å². The van der Waals surface area contributed by atoms with E-state index < -0.39 is 10.1 Å². The summed E-state index contributed by atoms with van der Waals surface area (Å²) in [4.78, 5) is 2.02. The molecule has 3 aromatic rings. The molecule has 0 fully saturated rings. The Morgan fingerprint density at radius 3 is 1.71 bits per heavy atom. The summed E-state index contributed by atoms with van der Waals surface area (Å²) in [5.41, 5.74) is 5.65. The molecule has 0 spiro atoms. The summed E-state index contributed by atoms with van der Waals surface area (Å²) in [5.74, 6) is 0. The van der Waals surface area contributed by atoms with Crippen LogP contribution in [0.3, 0.4) is 0 Å². The van der Waals surface area contributed by atoms with Crippen LogP contribution < -0.4 is 9.47 Å². The van der Waals surface area contributed by atoms with Crippen molar-refractivity contribution in [2.45, 2.75) is 25.7 Å². The van der Waals surface area contributed by atoms with Crippen molar-refractivity contribution in [1.29, 1.82) is 0 Å². The predicted molar refractivity (Wildman–Crippen MR) is 126 cm³/mol. The molecule has 164 valence electrons. The van der Waals surface area contributed by atoms with Gasteiger partial charge in [-0.1, -0.05) is 42.0 Å². The molecule has 0 unspecified atom stereocenters. The molecule has 0 atom stereocenters. The van der Waals surface area contributed by atoms with E-state index in [-0.39, 0.29) is 4.90 Å². The van der Waals surface area contributed by atoms with Crippen LogP contribution >= 0.6 is 0 Å². The number of hydrogen-bond donors (Lipinski definition) is 0. The lowest BCUT2D eigenvalue weighted by molar-refractivity contribution is -0.671. The number of rotatable bonds is 4. The van der Waals surface area contributed by atoms with Crippen LogP contribution in [0.25, 0.3) is 12.2 Å². The lowest BCUT2D eigenvalue weighted by Gasteiger charge is -2.14. The zero-order valence-electron chi connectivity index (χ0n) is 19.0. The summed E-state index contributed by atoms with van der Waals surface area (Å²) >= 11 is 0. The van der Waals surface area contributed by atoms with Gasteiger partial charge in [0.05, 0.1) is 4.90 Å². The van der Waals surface area contributed by atoms with Gasteiger partial charge in [-0.2, -0.15) is 0 Å². The van der Waals surface area contributed by atoms with Crippen LogP contribution in [0.2, 0.25) is 0 Å². The van der Waals surface area contributed by atoms with Crippen molar-refractivity contribution >= 4 is 28.0 Å². The third-order valence-corrected chi connectivity index (χ3v) is 5.88. The van der Waals surface area contributed by atoms with Gasteiger partial charge >= 0.3 is 0 Å². The Morgan fingerprint density at radius 2 is 1.29 bits per heavy atom. The Balaban J connectivity index is 0.000000233. The molecule has 0 aliphatic carbocycles. The second-order valence-corrected chi connectivity index (χ2v) is 9.11. The van der Waals surface area contributed by atoms with E-state index >= 15 is 0 Å². The summed E-state index contributed by atoms with van der Waals surface area (Å²) in [6.07, 6.45) is 8.36. The number of benzene rings is 2. The molecule has 2 aromatic carbocycles. The standard InChI is InChI=1S/C16H19N2.C9H12O3S/c1-17(2)16-8-6-14(7-9-16)4-5-15-10-12-18(3)13-11-15;1-6-4-7(2)9(8(3)5-6)13(10,11)12/h4-13H,1-3H3;4-5H,1-3H3,(H,10,11,12)/q+1;/p-1. The van der Waals surface area contributed by atoms with Crippen molar-refractivity contribution in [3.05, 3.63) is 88.7 Å². The Kier molecular flexibility index (Phi) is 8.14. The van der Waals surface area contributed by atoms with Crippen LogP contribution in [0.1, 0.15) is 27.8 Å². The van der Waals surface area contributed by atoms with Crippen LogP contribution in [-0.2, 0) is 17.2 Å². The van der Waals surface area contributed by atoms with Gasteiger partial charge in [0.2, 0.25) is 0 Å². The first kappa shape index (κ1) is 24.3. The highest BCUT2D eigenvalue weighted by Gasteiger charge is 2.09. The van der Waals surface area contributed by atoms with E-state index in [0.717, 1.165) is 5.56 Å². The Hall–Kier alpha value is -2.96. The maximum Gasteiger partial charge on any atom is 0.169 e. The summed E-state index contributed by atoms with van der Waals surface area (Å²) in [6.45, 7) is 5.12. The van der Waals surface area contributed by atoms with Gasteiger partial charge in [0.1, 0.15) is 17.2 Å². The van der Waals surface area contributed by atoms with Crippen LogP contribution in [0, 0.1) is 20.8 Å². The summed E-state index contributed by atoms with van der Waals surface area (Å²) in [7, 11) is 1.79. The number of hydrogen-bond acceptors (Lipinski definition) is 4. The lowest BCUT2D eigenvalue weighted by Crippen LogP contribution is -2.25. The maximum absolute atomic E-state index is 10.8. The molecule has 31 heavy (non-hydrogen) atoms. The smallest absolute Gasteiger partial charge is 0.169 e. The fraction of sp³-hybridized carbons (Fsp3) is 0.240. The van der Waals surface area contributed by atoms with E-state index in [1.54, 1.807) is 26.0 Å². The van der Waals surface area contributed by atoms with Gasteiger partial charge in [-0.15, -0.1) is 0 Å². The van der Waals surface area contributed by atoms with E-state index in [9.17, 15) is 13.0 Å². The van der Waals surface area contributed by atoms with Gasteiger partial charge in [-0.05, 0) is 55.2 Å². The highest BCUT2D eigenvalue weighted by Crippen LogP contribution is 2.20. The van der Waals surface area contributed by atoms with E-state index in [1.807, 2.05) is 18.5 Å². The summed E-state index contributed by atoms with van der Waals surface area (Å²) < 4.78 is 34.5. The van der Waals surface area contributed by atoms with Crippen molar-refractivity contribution in [3.8, 4) is 0 Å². The minimum atomic E-state index is -4.33. The van der Waals surface area contributed by atoms with Gasteiger partial charge in [-0.25, -0.2) is 13.0 Å². The molecule has 0 bridgehead atoms. The Labute approximate surface area is 186 Å². The predicted octanol–water partition coefficient (Wildman–Crippen LogP) is 4.26. The second kappa shape index (κ2) is 10.4. The van der Waals surface area contributed by atoms with Crippen molar-refractivity contribution in [2.75, 3.05) is 19.0 Å². The SMILES string of the molecule is CN(C)c1ccc(C=Cc2cc[n+](C)cc2)cc1.Cc1cc(C)c(S(=O)(=O)[O-])c(C)c1. The third-order valence-electron chi connectivity index (χ3n) is 4.74. The number of nitrogens with zero attached hydrogens (tertiary/aromatic N) is 2. The Bertz CT molecular complexity index is 1130. The topological polar surface area (TPSA) is 64.3 Å². The molecule has 0 saturated carbocycles. The Morgan fingerprint density at radius 1 is 0.839 bits per heavy atom. The number of aromatic nitrogens is 1. The lowest BCUT2D eigenvalue weighted by atomic mass is 10.1. The maximum atomic E-state index is 10.8. The molecule has 5 nitrogen and oxygen atoms in total. The molecule has 1 aromatic heterocycles. The zero-order chi connectivity index (χ0) is 23.2. The highest BCUT2D eigenvalue weighted by molar-refractivity contribution is 7.85. The first-order valence-electron chi connectivity index (χ1n) is 9.92. The van der Waals surface area contributed by atoms with Gasteiger partial charge in [-0.3, -0.25) is 0 Å². The second-order valence-electron chi connectivity index (χ2n) is 7.80. The van der Waals surface area contributed by atoms with Gasteiger partial charge < -0.3 is 9.45 Å². The molecule has 0 radical (unpaired) electrons. The molecule has 0 N–H and O–H groups in total.